The average Bonchev–Trinajstić information content (AvgIpc) is 3.35. The Morgan fingerprint density at radius 1 is 0.731 bits per heavy atom. The van der Waals surface area contributed by atoms with Crippen LogP contribution in [-0.4, -0.2) is 11.8 Å². The van der Waals surface area contributed by atoms with Gasteiger partial charge in [-0.2, -0.15) is 10.2 Å². The molecule has 26 heavy (non-hydrogen) atoms. The number of benzene rings is 2. The van der Waals surface area contributed by atoms with Gasteiger partial charge in [0, 0.05) is 0 Å². The summed E-state index contributed by atoms with van der Waals surface area (Å²) in [6.07, 6.45) is 5.15. The van der Waals surface area contributed by atoms with Gasteiger partial charge >= 0.3 is 0 Å². The highest BCUT2D eigenvalue weighted by Gasteiger charge is 2.59. The molecule has 4 atom stereocenters. The number of carbonyl (C=O) groups excluding carboxylic acids is 2. The minimum Gasteiger partial charge on any atom is -0.274 e. The summed E-state index contributed by atoms with van der Waals surface area (Å²) in [5.41, 5.74) is 2.07. The van der Waals surface area contributed by atoms with E-state index in [1.807, 2.05) is 30.3 Å². The van der Waals surface area contributed by atoms with E-state index in [1.54, 1.807) is 24.3 Å². The number of amides is 2. The van der Waals surface area contributed by atoms with Crippen LogP contribution in [0.15, 0.2) is 77.0 Å². The number of fused-ring (bicyclic) bond motifs is 5. The number of carbonyl (C=O) groups is 2. The second-order valence-corrected chi connectivity index (χ2v) is 7.06. The number of nitrogens with zero attached hydrogens (tertiary/aromatic N) is 3. The van der Waals surface area contributed by atoms with Crippen molar-refractivity contribution in [2.24, 2.45) is 33.9 Å². The number of azo groups is 1. The van der Waals surface area contributed by atoms with Crippen LogP contribution in [0.3, 0.4) is 0 Å². The lowest BCUT2D eigenvalue weighted by Gasteiger charge is -2.17. The summed E-state index contributed by atoms with van der Waals surface area (Å²) in [6, 6.07) is 16.6. The van der Waals surface area contributed by atoms with Gasteiger partial charge in [-0.25, -0.2) is 0 Å². The molecule has 5 rings (SSSR count). The van der Waals surface area contributed by atoms with Gasteiger partial charge in [0.15, 0.2) is 0 Å². The largest absolute Gasteiger partial charge is 0.274 e. The minimum atomic E-state index is -0.171. The lowest BCUT2D eigenvalue weighted by atomic mass is 9.85. The van der Waals surface area contributed by atoms with Gasteiger partial charge < -0.3 is 0 Å². The van der Waals surface area contributed by atoms with E-state index < -0.39 is 0 Å². The van der Waals surface area contributed by atoms with Crippen molar-refractivity contribution in [2.45, 2.75) is 6.42 Å². The third-order valence-corrected chi connectivity index (χ3v) is 5.62. The number of hydrogen-bond acceptors (Lipinski definition) is 4. The molecule has 2 amide bonds. The molecular formula is C21H17N3O2. The normalized spacial score (nSPS) is 29.2. The summed E-state index contributed by atoms with van der Waals surface area (Å²) in [6.45, 7) is 0. The number of imide groups is 1. The van der Waals surface area contributed by atoms with Crippen LogP contribution < -0.4 is 4.90 Å². The van der Waals surface area contributed by atoms with Crippen LogP contribution >= 0.6 is 0 Å². The lowest BCUT2D eigenvalue weighted by molar-refractivity contribution is -0.123. The second-order valence-electron chi connectivity index (χ2n) is 7.06. The van der Waals surface area contributed by atoms with Crippen LogP contribution in [0.2, 0.25) is 0 Å². The van der Waals surface area contributed by atoms with E-state index in [1.165, 1.54) is 4.90 Å². The quantitative estimate of drug-likeness (QED) is 0.471. The summed E-state index contributed by atoms with van der Waals surface area (Å²) >= 11 is 0. The lowest BCUT2D eigenvalue weighted by Crippen LogP contribution is -2.32. The molecule has 128 valence electrons. The standard InChI is InChI=1S/C21H17N3O2/c25-20-18-13-6-7-14(12-13)19(18)21(26)24(20)17-10-8-16(9-11-17)23-22-15-4-2-1-3-5-15/h1-11,13-14,18-19H,12H2/t13-,14+,18-,19+. The van der Waals surface area contributed by atoms with Crippen molar-refractivity contribution in [1.29, 1.82) is 0 Å². The fraction of sp³-hybridized carbons (Fsp3) is 0.238. The number of rotatable bonds is 3. The van der Waals surface area contributed by atoms with Gasteiger partial charge in [0.25, 0.3) is 0 Å². The first-order valence-electron chi connectivity index (χ1n) is 8.85. The first-order chi connectivity index (χ1) is 12.7. The van der Waals surface area contributed by atoms with Crippen LogP contribution in [0.4, 0.5) is 17.1 Å². The molecule has 0 N–H and O–H groups in total. The average molecular weight is 343 g/mol. The molecule has 1 saturated heterocycles. The zero-order valence-electron chi connectivity index (χ0n) is 14.0. The SMILES string of the molecule is O=C1[C@@H]2[C@H](C(=O)N1c1ccc(N=Nc3ccccc3)cc1)[C@@H]1C=C[C@H]2C1. The van der Waals surface area contributed by atoms with Gasteiger partial charge in [-0.15, -0.1) is 0 Å². The van der Waals surface area contributed by atoms with Gasteiger partial charge in [0.05, 0.1) is 28.9 Å². The van der Waals surface area contributed by atoms with E-state index in [4.69, 9.17) is 0 Å². The molecule has 2 aliphatic carbocycles. The van der Waals surface area contributed by atoms with E-state index >= 15 is 0 Å². The fourth-order valence-electron chi connectivity index (χ4n) is 4.44. The van der Waals surface area contributed by atoms with Gasteiger partial charge in [-0.3, -0.25) is 14.5 Å². The Morgan fingerprint density at radius 3 is 1.85 bits per heavy atom. The van der Waals surface area contributed by atoms with Crippen LogP contribution in [0.1, 0.15) is 6.42 Å². The van der Waals surface area contributed by atoms with Crippen molar-refractivity contribution in [3.8, 4) is 0 Å². The maximum Gasteiger partial charge on any atom is 0.238 e. The highest BCUT2D eigenvalue weighted by Crippen LogP contribution is 2.53. The van der Waals surface area contributed by atoms with Crippen molar-refractivity contribution in [2.75, 3.05) is 4.90 Å². The van der Waals surface area contributed by atoms with E-state index in [0.29, 0.717) is 11.4 Å². The maximum absolute atomic E-state index is 12.8. The van der Waals surface area contributed by atoms with Crippen LogP contribution in [-0.2, 0) is 9.59 Å². The highest BCUT2D eigenvalue weighted by molar-refractivity contribution is 6.22. The van der Waals surface area contributed by atoms with Crippen LogP contribution in [0.25, 0.3) is 0 Å². The molecule has 0 aromatic heterocycles. The maximum atomic E-state index is 12.8. The zero-order chi connectivity index (χ0) is 17.7. The molecule has 5 nitrogen and oxygen atoms in total. The molecule has 0 spiro atoms. The minimum absolute atomic E-state index is 0.0597. The van der Waals surface area contributed by atoms with E-state index in [2.05, 4.69) is 22.4 Å². The summed E-state index contributed by atoms with van der Waals surface area (Å²) in [7, 11) is 0. The molecule has 2 aromatic carbocycles. The van der Waals surface area contributed by atoms with Gasteiger partial charge in [0.1, 0.15) is 0 Å². The van der Waals surface area contributed by atoms with E-state index in [9.17, 15) is 9.59 Å². The molecule has 1 aliphatic heterocycles. The smallest absolute Gasteiger partial charge is 0.238 e. The fourth-order valence-corrected chi connectivity index (χ4v) is 4.44. The van der Waals surface area contributed by atoms with Crippen molar-refractivity contribution in [1.82, 2.24) is 0 Å². The summed E-state index contributed by atoms with van der Waals surface area (Å²) in [5.74, 6) is -0.00768. The molecule has 2 bridgehead atoms. The van der Waals surface area contributed by atoms with Crippen molar-refractivity contribution < 1.29 is 9.59 Å². The summed E-state index contributed by atoms with van der Waals surface area (Å²) in [4.78, 5) is 27.0. The molecule has 0 unspecified atom stereocenters. The van der Waals surface area contributed by atoms with Crippen molar-refractivity contribution in [3.05, 3.63) is 66.7 Å². The highest BCUT2D eigenvalue weighted by atomic mass is 16.2. The number of allylic oxidation sites excluding steroid dienone is 2. The van der Waals surface area contributed by atoms with Crippen LogP contribution in [0, 0.1) is 23.7 Å². The predicted molar refractivity (Wildman–Crippen MR) is 97.3 cm³/mol. The molecule has 3 aliphatic rings. The van der Waals surface area contributed by atoms with E-state index in [-0.39, 0.29) is 35.5 Å². The van der Waals surface area contributed by atoms with Gasteiger partial charge in [-0.05, 0) is 54.7 Å². The Morgan fingerprint density at radius 2 is 1.27 bits per heavy atom. The Kier molecular flexibility index (Phi) is 3.35. The first-order valence-corrected chi connectivity index (χ1v) is 8.85. The molecule has 1 heterocycles. The number of anilines is 1. The molecule has 2 aromatic rings. The Labute approximate surface area is 151 Å². The van der Waals surface area contributed by atoms with Crippen LogP contribution in [0.5, 0.6) is 0 Å². The van der Waals surface area contributed by atoms with Gasteiger partial charge in [-0.1, -0.05) is 30.4 Å². The third kappa shape index (κ3) is 2.24. The zero-order valence-corrected chi connectivity index (χ0v) is 14.0. The Bertz CT molecular complexity index is 903. The van der Waals surface area contributed by atoms with Crippen molar-refractivity contribution >= 4 is 28.9 Å². The second kappa shape index (κ2) is 5.73. The summed E-state index contributed by atoms with van der Waals surface area (Å²) in [5, 5.41) is 8.38. The number of hydrogen-bond donors (Lipinski definition) is 0. The molecule has 1 saturated carbocycles. The molecule has 5 heteroatoms. The predicted octanol–water partition coefficient (Wildman–Crippen LogP) is 4.41. The monoisotopic (exact) mass is 343 g/mol. The molecule has 0 radical (unpaired) electrons. The molecule has 2 fully saturated rings. The van der Waals surface area contributed by atoms with E-state index in [0.717, 1.165) is 12.1 Å². The molecular weight excluding hydrogens is 326 g/mol. The first kappa shape index (κ1) is 15.2. The Hall–Kier alpha value is -3.08. The topological polar surface area (TPSA) is 62.1 Å². The van der Waals surface area contributed by atoms with Crippen molar-refractivity contribution in [3.63, 3.8) is 0 Å². The third-order valence-electron chi connectivity index (χ3n) is 5.62. The Balaban J connectivity index is 1.38. The summed E-state index contributed by atoms with van der Waals surface area (Å²) < 4.78 is 0. The van der Waals surface area contributed by atoms with Gasteiger partial charge in [0.2, 0.25) is 11.8 Å².